The number of nitrogens with one attached hydrogen (secondary N) is 1. The van der Waals surface area contributed by atoms with Gasteiger partial charge in [-0.15, -0.1) is 0 Å². The molecule has 2 aromatic carbocycles. The summed E-state index contributed by atoms with van der Waals surface area (Å²) in [7, 11) is 0. The molecule has 0 bridgehead atoms. The van der Waals surface area contributed by atoms with Crippen LogP contribution in [0.2, 0.25) is 0 Å². The maximum Gasteiger partial charge on any atom is 0.311 e. The molecule has 0 fully saturated rings. The summed E-state index contributed by atoms with van der Waals surface area (Å²) in [4.78, 5) is 26.4. The highest BCUT2D eigenvalue weighted by Crippen LogP contribution is 2.31. The lowest BCUT2D eigenvalue weighted by Gasteiger charge is -2.06. The van der Waals surface area contributed by atoms with Crippen LogP contribution in [0.1, 0.15) is 27.0 Å². The number of nitrogens with zero attached hydrogens (tertiary/aromatic N) is 3. The van der Waals surface area contributed by atoms with Crippen LogP contribution < -0.4 is 5.43 Å². The highest BCUT2D eigenvalue weighted by atomic mass is 16.6. The predicted octanol–water partition coefficient (Wildman–Crippen LogP) is 3.05. The van der Waals surface area contributed by atoms with Gasteiger partial charge in [-0.05, 0) is 35.7 Å². The molecule has 0 atom stereocenters. The Hall–Kier alpha value is -4.07. The van der Waals surface area contributed by atoms with E-state index in [-0.39, 0.29) is 5.56 Å². The number of nitro benzene ring substituents is 1. The molecule has 1 heterocycles. The molecule has 28 heavy (non-hydrogen) atoms. The summed E-state index contributed by atoms with van der Waals surface area (Å²) in [6.45, 7) is 0. The Balaban J connectivity index is 1.84. The molecule has 0 aliphatic heterocycles. The zero-order valence-electron chi connectivity index (χ0n) is 14.6. The molecule has 8 nitrogen and oxygen atoms in total. The number of aromatic hydroxyl groups is 1. The van der Waals surface area contributed by atoms with Crippen molar-refractivity contribution in [1.29, 1.82) is 0 Å². The van der Waals surface area contributed by atoms with Crippen molar-refractivity contribution in [2.75, 3.05) is 0 Å². The molecule has 0 spiro atoms. The molecule has 0 radical (unpaired) electrons. The minimum atomic E-state index is -0.656. The SMILES string of the molecule is O=C(N/N=C\c1cc(Cc2ccccc2)cc([N+](=O)[O-])c1O)c1ccncc1. The fourth-order valence-corrected chi connectivity index (χ4v) is 2.60. The second-order valence-electron chi connectivity index (χ2n) is 5.91. The van der Waals surface area contributed by atoms with E-state index in [1.807, 2.05) is 30.3 Å². The number of carbonyl (C=O) groups excluding carboxylic acids is 1. The van der Waals surface area contributed by atoms with Gasteiger partial charge in [0.1, 0.15) is 0 Å². The molecule has 1 amide bonds. The van der Waals surface area contributed by atoms with Crippen LogP contribution in [-0.4, -0.2) is 27.1 Å². The molecule has 2 N–H and O–H groups in total. The number of nitro groups is 1. The number of phenols is 1. The van der Waals surface area contributed by atoms with Crippen molar-refractivity contribution >= 4 is 17.8 Å². The fourth-order valence-electron chi connectivity index (χ4n) is 2.60. The Morgan fingerprint density at radius 3 is 2.54 bits per heavy atom. The van der Waals surface area contributed by atoms with Crippen LogP contribution in [0.3, 0.4) is 0 Å². The Kier molecular flexibility index (Phi) is 5.71. The first-order chi connectivity index (χ1) is 13.5. The van der Waals surface area contributed by atoms with E-state index in [0.29, 0.717) is 17.5 Å². The van der Waals surface area contributed by atoms with Crippen LogP contribution >= 0.6 is 0 Å². The lowest BCUT2D eigenvalue weighted by atomic mass is 10.0. The van der Waals surface area contributed by atoms with Crippen LogP contribution in [0.5, 0.6) is 5.75 Å². The molecule has 140 valence electrons. The molecular weight excluding hydrogens is 360 g/mol. The highest BCUT2D eigenvalue weighted by molar-refractivity contribution is 5.95. The summed E-state index contributed by atoms with van der Waals surface area (Å²) in [6, 6.07) is 15.4. The summed E-state index contributed by atoms with van der Waals surface area (Å²) < 4.78 is 0. The smallest absolute Gasteiger partial charge is 0.311 e. The van der Waals surface area contributed by atoms with Crippen molar-refractivity contribution in [3.05, 3.63) is 99.4 Å². The van der Waals surface area contributed by atoms with Crippen LogP contribution in [0, 0.1) is 10.1 Å². The zero-order chi connectivity index (χ0) is 19.9. The van der Waals surface area contributed by atoms with E-state index in [1.165, 1.54) is 36.8 Å². The number of phenolic OH excluding ortho intramolecular Hbond substituents is 1. The number of aromatic nitrogens is 1. The van der Waals surface area contributed by atoms with Gasteiger partial charge in [-0.2, -0.15) is 5.10 Å². The summed E-state index contributed by atoms with van der Waals surface area (Å²) in [5, 5.41) is 25.2. The number of hydrazone groups is 1. The van der Waals surface area contributed by atoms with E-state index in [2.05, 4.69) is 15.5 Å². The van der Waals surface area contributed by atoms with Crippen molar-refractivity contribution in [3.63, 3.8) is 0 Å². The molecule has 0 saturated heterocycles. The first-order valence-electron chi connectivity index (χ1n) is 8.32. The normalized spacial score (nSPS) is 10.7. The monoisotopic (exact) mass is 376 g/mol. The quantitative estimate of drug-likeness (QED) is 0.389. The maximum atomic E-state index is 12.0. The Morgan fingerprint density at radius 1 is 1.14 bits per heavy atom. The molecule has 0 aliphatic rings. The van der Waals surface area contributed by atoms with Crippen molar-refractivity contribution in [2.45, 2.75) is 6.42 Å². The third-order valence-electron chi connectivity index (χ3n) is 3.94. The van der Waals surface area contributed by atoms with E-state index in [4.69, 9.17) is 0 Å². The zero-order valence-corrected chi connectivity index (χ0v) is 14.6. The standard InChI is InChI=1S/C20H16N4O4/c25-19-17(13-22-23-20(26)16-6-8-21-9-7-16)11-15(12-18(19)24(27)28)10-14-4-2-1-3-5-14/h1-9,11-13,25H,10H2,(H,23,26)/b22-13-. The highest BCUT2D eigenvalue weighted by Gasteiger charge is 2.18. The van der Waals surface area contributed by atoms with Crippen LogP contribution in [0.15, 0.2) is 72.1 Å². The lowest BCUT2D eigenvalue weighted by Crippen LogP contribution is -2.17. The van der Waals surface area contributed by atoms with Crippen LogP contribution in [0.4, 0.5) is 5.69 Å². The van der Waals surface area contributed by atoms with E-state index in [9.17, 15) is 20.0 Å². The minimum absolute atomic E-state index is 0.134. The molecule has 1 aromatic heterocycles. The van der Waals surface area contributed by atoms with Crippen molar-refractivity contribution in [2.24, 2.45) is 5.10 Å². The molecule has 0 unspecified atom stereocenters. The van der Waals surface area contributed by atoms with Gasteiger partial charge in [-0.3, -0.25) is 19.9 Å². The van der Waals surface area contributed by atoms with Gasteiger partial charge < -0.3 is 5.11 Å². The van der Waals surface area contributed by atoms with Gasteiger partial charge in [0.15, 0.2) is 0 Å². The van der Waals surface area contributed by atoms with Gasteiger partial charge in [0.25, 0.3) is 5.91 Å². The molecule has 8 heteroatoms. The number of benzene rings is 2. The maximum absolute atomic E-state index is 12.0. The molecule has 0 aliphatic carbocycles. The average molecular weight is 376 g/mol. The first-order valence-corrected chi connectivity index (χ1v) is 8.32. The van der Waals surface area contributed by atoms with Crippen molar-refractivity contribution in [3.8, 4) is 5.75 Å². The van der Waals surface area contributed by atoms with Crippen LogP contribution in [-0.2, 0) is 6.42 Å². The largest absolute Gasteiger partial charge is 0.502 e. The number of carbonyl (C=O) groups is 1. The Labute approximate surface area is 160 Å². The third kappa shape index (κ3) is 4.55. The number of amides is 1. The van der Waals surface area contributed by atoms with E-state index in [1.54, 1.807) is 6.07 Å². The van der Waals surface area contributed by atoms with Crippen molar-refractivity contribution in [1.82, 2.24) is 10.4 Å². The number of hydrogen-bond acceptors (Lipinski definition) is 6. The second kappa shape index (κ2) is 8.54. The molecule has 3 rings (SSSR count). The Morgan fingerprint density at radius 2 is 1.86 bits per heavy atom. The van der Waals surface area contributed by atoms with Gasteiger partial charge in [0, 0.05) is 29.6 Å². The number of rotatable bonds is 6. The Bertz CT molecular complexity index is 1020. The predicted molar refractivity (Wildman–Crippen MR) is 103 cm³/mol. The van der Waals surface area contributed by atoms with Gasteiger partial charge in [-0.1, -0.05) is 30.3 Å². The van der Waals surface area contributed by atoms with E-state index in [0.717, 1.165) is 5.56 Å². The van der Waals surface area contributed by atoms with Gasteiger partial charge >= 0.3 is 5.69 Å². The topological polar surface area (TPSA) is 118 Å². The molecular formula is C20H16N4O4. The number of pyridine rings is 1. The molecule has 3 aromatic rings. The van der Waals surface area contributed by atoms with Crippen LogP contribution in [0.25, 0.3) is 0 Å². The first kappa shape index (κ1) is 18.7. The number of hydrogen-bond donors (Lipinski definition) is 2. The van der Waals surface area contributed by atoms with Crippen molar-refractivity contribution < 1.29 is 14.8 Å². The van der Waals surface area contributed by atoms with E-state index >= 15 is 0 Å². The van der Waals surface area contributed by atoms with Gasteiger partial charge in [0.2, 0.25) is 5.75 Å². The minimum Gasteiger partial charge on any atom is -0.502 e. The summed E-state index contributed by atoms with van der Waals surface area (Å²) in [5.74, 6) is -0.975. The summed E-state index contributed by atoms with van der Waals surface area (Å²) in [5.41, 5.74) is 3.99. The molecule has 0 saturated carbocycles. The fraction of sp³-hybridized carbons (Fsp3) is 0.0500. The average Bonchev–Trinajstić information content (AvgIpc) is 2.71. The third-order valence-corrected chi connectivity index (χ3v) is 3.94. The lowest BCUT2D eigenvalue weighted by molar-refractivity contribution is -0.385. The second-order valence-corrected chi connectivity index (χ2v) is 5.91. The summed E-state index contributed by atoms with van der Waals surface area (Å²) in [6.07, 6.45) is 4.57. The van der Waals surface area contributed by atoms with Gasteiger partial charge in [-0.25, -0.2) is 5.43 Å². The van der Waals surface area contributed by atoms with E-state index < -0.39 is 22.3 Å². The summed E-state index contributed by atoms with van der Waals surface area (Å²) >= 11 is 0. The van der Waals surface area contributed by atoms with Gasteiger partial charge in [0.05, 0.1) is 11.1 Å².